The van der Waals surface area contributed by atoms with E-state index in [2.05, 4.69) is 10.3 Å². The van der Waals surface area contributed by atoms with Gasteiger partial charge in [-0.25, -0.2) is 9.78 Å². The van der Waals surface area contributed by atoms with Crippen molar-refractivity contribution in [2.75, 3.05) is 12.3 Å². The van der Waals surface area contributed by atoms with E-state index in [1.165, 1.54) is 0 Å². The van der Waals surface area contributed by atoms with Crippen LogP contribution in [0.5, 0.6) is 0 Å². The minimum Gasteiger partial charge on any atom is -0.451 e. The Hall–Kier alpha value is -2.02. The molecule has 0 fully saturated rings. The zero-order chi connectivity index (χ0) is 18.6. The largest absolute Gasteiger partial charge is 0.451 e. The molecule has 132 valence electrons. The van der Waals surface area contributed by atoms with Gasteiger partial charge in [-0.15, -0.1) is 0 Å². The average Bonchev–Trinajstić information content (AvgIpc) is 2.61. The highest BCUT2D eigenvalue weighted by Gasteiger charge is 2.22. The van der Waals surface area contributed by atoms with Crippen molar-refractivity contribution in [3.05, 3.63) is 56.8 Å². The number of nitrogens with two attached hydrogens (primary N) is 1. The second-order valence-corrected chi connectivity index (χ2v) is 6.18. The van der Waals surface area contributed by atoms with Crippen LogP contribution in [0.4, 0.5) is 5.69 Å². The van der Waals surface area contributed by atoms with Crippen LogP contribution in [-0.4, -0.2) is 23.5 Å². The third-order valence-electron chi connectivity index (χ3n) is 3.28. The van der Waals surface area contributed by atoms with Gasteiger partial charge in [0.25, 0.3) is 5.91 Å². The fourth-order valence-electron chi connectivity index (χ4n) is 1.97. The van der Waals surface area contributed by atoms with Gasteiger partial charge in [-0.05, 0) is 12.5 Å². The van der Waals surface area contributed by atoms with Gasteiger partial charge in [-0.3, -0.25) is 4.79 Å². The summed E-state index contributed by atoms with van der Waals surface area (Å²) >= 11 is 17.5. The van der Waals surface area contributed by atoms with Crippen molar-refractivity contribution in [2.45, 2.75) is 13.0 Å². The number of hydrogen-bond acceptors (Lipinski definition) is 5. The van der Waals surface area contributed by atoms with Crippen molar-refractivity contribution in [1.82, 2.24) is 10.3 Å². The van der Waals surface area contributed by atoms with Crippen LogP contribution < -0.4 is 11.1 Å². The van der Waals surface area contributed by atoms with Crippen LogP contribution in [0.3, 0.4) is 0 Å². The Morgan fingerprint density at radius 2 is 1.84 bits per heavy atom. The van der Waals surface area contributed by atoms with Crippen molar-refractivity contribution in [3.8, 4) is 0 Å². The monoisotopic (exact) mass is 401 g/mol. The van der Waals surface area contributed by atoms with E-state index < -0.39 is 18.5 Å². The molecule has 0 unspecified atom stereocenters. The van der Waals surface area contributed by atoms with Crippen LogP contribution in [0.1, 0.15) is 29.0 Å². The number of rotatable bonds is 5. The fraction of sp³-hybridized carbons (Fsp3) is 0.188. The van der Waals surface area contributed by atoms with Crippen LogP contribution in [0.25, 0.3) is 0 Å². The van der Waals surface area contributed by atoms with Crippen LogP contribution in [0.15, 0.2) is 30.3 Å². The Morgan fingerprint density at radius 1 is 1.20 bits per heavy atom. The van der Waals surface area contributed by atoms with Gasteiger partial charge in [-0.1, -0.05) is 65.1 Å². The van der Waals surface area contributed by atoms with E-state index in [0.29, 0.717) is 0 Å². The van der Waals surface area contributed by atoms with Crippen LogP contribution in [0, 0.1) is 0 Å². The summed E-state index contributed by atoms with van der Waals surface area (Å²) in [4.78, 5) is 27.7. The molecule has 1 aromatic carbocycles. The summed E-state index contributed by atoms with van der Waals surface area (Å²) in [5, 5.41) is 2.28. The van der Waals surface area contributed by atoms with E-state index in [1.54, 1.807) is 0 Å². The number of hydrogen-bond donors (Lipinski definition) is 2. The maximum absolute atomic E-state index is 12.0. The van der Waals surface area contributed by atoms with Gasteiger partial charge >= 0.3 is 5.97 Å². The van der Waals surface area contributed by atoms with E-state index in [9.17, 15) is 9.59 Å². The predicted molar refractivity (Wildman–Crippen MR) is 97.0 cm³/mol. The zero-order valence-corrected chi connectivity index (χ0v) is 15.3. The molecule has 6 nitrogen and oxygen atoms in total. The predicted octanol–water partition coefficient (Wildman–Crippen LogP) is 3.66. The lowest BCUT2D eigenvalue weighted by molar-refractivity contribution is -0.124. The number of anilines is 1. The molecule has 2 aromatic rings. The number of nitrogens with zero attached hydrogens (tertiary/aromatic N) is 1. The molecule has 0 spiro atoms. The molecule has 0 saturated carbocycles. The summed E-state index contributed by atoms with van der Waals surface area (Å²) in [6, 6.07) is 9.10. The van der Waals surface area contributed by atoms with Gasteiger partial charge in [0, 0.05) is 0 Å². The number of amides is 1. The lowest BCUT2D eigenvalue weighted by atomic mass is 10.1. The molecule has 1 heterocycles. The highest BCUT2D eigenvalue weighted by molar-refractivity contribution is 6.46. The molecule has 1 atom stereocenters. The Bertz CT molecular complexity index is 800. The molecule has 0 aliphatic heterocycles. The van der Waals surface area contributed by atoms with Crippen molar-refractivity contribution >= 4 is 52.4 Å². The number of pyridine rings is 1. The lowest BCUT2D eigenvalue weighted by Crippen LogP contribution is -2.31. The molecule has 1 amide bonds. The number of halogens is 3. The number of esters is 1. The fourth-order valence-corrected chi connectivity index (χ4v) is 2.56. The van der Waals surface area contributed by atoms with Crippen molar-refractivity contribution < 1.29 is 14.3 Å². The number of aromatic nitrogens is 1. The van der Waals surface area contributed by atoms with Crippen molar-refractivity contribution in [3.63, 3.8) is 0 Å². The van der Waals surface area contributed by atoms with Gasteiger partial charge in [0.15, 0.2) is 17.5 Å². The Labute approximate surface area is 159 Å². The first kappa shape index (κ1) is 19.3. The van der Waals surface area contributed by atoms with Crippen LogP contribution in [0.2, 0.25) is 15.2 Å². The van der Waals surface area contributed by atoms with E-state index in [1.807, 2.05) is 37.3 Å². The molecule has 0 bridgehead atoms. The number of carbonyl (C=O) groups is 2. The quantitative estimate of drug-likeness (QED) is 0.588. The third kappa shape index (κ3) is 4.75. The SMILES string of the molecule is C[C@H](NC(=O)COC(=O)c1nc(Cl)c(Cl)c(N)c1Cl)c1ccccc1. The minimum absolute atomic E-state index is 0.0577. The topological polar surface area (TPSA) is 94.3 Å². The van der Waals surface area contributed by atoms with E-state index in [0.717, 1.165) is 5.56 Å². The number of nitrogens with one attached hydrogen (secondary N) is 1. The summed E-state index contributed by atoms with van der Waals surface area (Å²) in [5.74, 6) is -1.41. The van der Waals surface area contributed by atoms with Gasteiger partial charge < -0.3 is 15.8 Å². The van der Waals surface area contributed by atoms with E-state index >= 15 is 0 Å². The number of ether oxygens (including phenoxy) is 1. The Morgan fingerprint density at radius 3 is 2.48 bits per heavy atom. The summed E-state index contributed by atoms with van der Waals surface area (Å²) in [5.41, 5.74) is 6.16. The maximum Gasteiger partial charge on any atom is 0.359 e. The molecule has 0 radical (unpaired) electrons. The average molecular weight is 403 g/mol. The first-order chi connectivity index (χ1) is 11.8. The van der Waals surface area contributed by atoms with Crippen LogP contribution >= 0.6 is 34.8 Å². The van der Waals surface area contributed by atoms with E-state index in [4.69, 9.17) is 45.3 Å². The molecule has 25 heavy (non-hydrogen) atoms. The van der Waals surface area contributed by atoms with Gasteiger partial charge in [0.2, 0.25) is 0 Å². The molecule has 9 heteroatoms. The molecular weight excluding hydrogens is 389 g/mol. The highest BCUT2D eigenvalue weighted by atomic mass is 35.5. The molecular formula is C16H14Cl3N3O3. The summed E-state index contributed by atoms with van der Waals surface area (Å²) in [7, 11) is 0. The lowest BCUT2D eigenvalue weighted by Gasteiger charge is -2.14. The number of carbonyl (C=O) groups excluding carboxylic acids is 2. The van der Waals surface area contributed by atoms with Crippen molar-refractivity contribution in [2.24, 2.45) is 0 Å². The van der Waals surface area contributed by atoms with Gasteiger partial charge in [-0.2, -0.15) is 0 Å². The molecule has 0 aliphatic rings. The number of benzene rings is 1. The third-order valence-corrected chi connectivity index (χ3v) is 4.41. The second kappa shape index (κ2) is 8.38. The summed E-state index contributed by atoms with van der Waals surface area (Å²) in [6.07, 6.45) is 0. The van der Waals surface area contributed by atoms with Gasteiger partial charge in [0.1, 0.15) is 5.02 Å². The summed E-state index contributed by atoms with van der Waals surface area (Å²) in [6.45, 7) is 1.31. The summed E-state index contributed by atoms with van der Waals surface area (Å²) < 4.78 is 4.90. The normalized spacial score (nSPS) is 11.7. The highest BCUT2D eigenvalue weighted by Crippen LogP contribution is 2.34. The maximum atomic E-state index is 12.0. The van der Waals surface area contributed by atoms with Gasteiger partial charge in [0.05, 0.1) is 16.8 Å². The second-order valence-electron chi connectivity index (χ2n) is 5.07. The Balaban J connectivity index is 1.97. The minimum atomic E-state index is -0.933. The Kier molecular flexibility index (Phi) is 6.47. The van der Waals surface area contributed by atoms with Crippen LogP contribution in [-0.2, 0) is 9.53 Å². The number of nitrogen functional groups attached to an aromatic ring is 1. The first-order valence-corrected chi connectivity index (χ1v) is 8.26. The first-order valence-electron chi connectivity index (χ1n) is 7.12. The molecule has 3 N–H and O–H groups in total. The molecule has 0 aliphatic carbocycles. The molecule has 1 aromatic heterocycles. The van der Waals surface area contributed by atoms with Crippen molar-refractivity contribution in [1.29, 1.82) is 0 Å². The standard InChI is InChI=1S/C16H14Cl3N3O3/c1-8(9-5-3-2-4-6-9)21-10(23)7-25-16(24)14-11(17)13(20)12(18)15(19)22-14/h2-6,8H,7H2,1H3,(H2,20,22)(H,21,23)/t8-/m0/s1. The smallest absolute Gasteiger partial charge is 0.359 e. The van der Waals surface area contributed by atoms with E-state index in [-0.39, 0.29) is 32.6 Å². The molecule has 2 rings (SSSR count). The molecule has 0 saturated heterocycles. The zero-order valence-electron chi connectivity index (χ0n) is 13.1.